The largest absolute Gasteiger partial charge is 0.490 e. The molecule has 7 heteroatoms. The minimum atomic E-state index is -0.567. The van der Waals surface area contributed by atoms with Gasteiger partial charge < -0.3 is 14.8 Å². The smallest absolute Gasteiger partial charge is 0.312 e. The first-order valence-corrected chi connectivity index (χ1v) is 5.78. The van der Waals surface area contributed by atoms with Crippen molar-refractivity contribution in [3.8, 4) is 5.75 Å². The van der Waals surface area contributed by atoms with Gasteiger partial charge in [0.05, 0.1) is 12.0 Å². The molecule has 0 bridgehead atoms. The normalized spacial score (nSPS) is 10.0. The molecule has 0 atom stereocenters. The van der Waals surface area contributed by atoms with Gasteiger partial charge in [0.15, 0.2) is 5.75 Å². The highest BCUT2D eigenvalue weighted by Gasteiger charge is 2.15. The SMILES string of the molecule is CCCOCC(=O)Nc1ccc(OC)c([N+](=O)[O-])c1. The van der Waals surface area contributed by atoms with Crippen LogP contribution >= 0.6 is 0 Å². The molecule has 0 radical (unpaired) electrons. The van der Waals surface area contributed by atoms with Gasteiger partial charge in [0.2, 0.25) is 5.91 Å². The van der Waals surface area contributed by atoms with E-state index in [-0.39, 0.29) is 24.0 Å². The summed E-state index contributed by atoms with van der Waals surface area (Å²) in [4.78, 5) is 21.7. The van der Waals surface area contributed by atoms with Gasteiger partial charge in [-0.1, -0.05) is 6.92 Å². The van der Waals surface area contributed by atoms with Crippen molar-refractivity contribution in [3.05, 3.63) is 28.3 Å². The molecule has 0 aliphatic rings. The van der Waals surface area contributed by atoms with Crippen molar-refractivity contribution in [1.82, 2.24) is 0 Å². The molecular formula is C12H16N2O5. The molecule has 104 valence electrons. The van der Waals surface area contributed by atoms with E-state index in [0.717, 1.165) is 6.42 Å². The van der Waals surface area contributed by atoms with E-state index in [1.807, 2.05) is 6.92 Å². The summed E-state index contributed by atoms with van der Waals surface area (Å²) in [5.41, 5.74) is 0.132. The number of methoxy groups -OCH3 is 1. The quantitative estimate of drug-likeness (QED) is 0.464. The second-order valence-electron chi connectivity index (χ2n) is 3.74. The first kappa shape index (κ1) is 14.9. The van der Waals surface area contributed by atoms with E-state index in [4.69, 9.17) is 9.47 Å². The van der Waals surface area contributed by atoms with Crippen molar-refractivity contribution in [2.75, 3.05) is 25.6 Å². The van der Waals surface area contributed by atoms with Crippen LogP contribution in [0.1, 0.15) is 13.3 Å². The molecule has 0 saturated carbocycles. The molecule has 0 aliphatic carbocycles. The number of nitro groups is 1. The van der Waals surface area contributed by atoms with Gasteiger partial charge in [0, 0.05) is 18.4 Å². The fourth-order valence-corrected chi connectivity index (χ4v) is 1.42. The number of nitrogens with zero attached hydrogens (tertiary/aromatic N) is 1. The number of nitrogens with one attached hydrogen (secondary N) is 1. The zero-order chi connectivity index (χ0) is 14.3. The number of amides is 1. The Kier molecular flexibility index (Phi) is 5.74. The summed E-state index contributed by atoms with van der Waals surface area (Å²) in [7, 11) is 1.35. The van der Waals surface area contributed by atoms with E-state index in [2.05, 4.69) is 5.32 Å². The number of ether oxygens (including phenoxy) is 2. The molecule has 0 fully saturated rings. The zero-order valence-electron chi connectivity index (χ0n) is 10.8. The first-order valence-electron chi connectivity index (χ1n) is 5.78. The fraction of sp³-hybridized carbons (Fsp3) is 0.417. The number of nitro benzene ring substituents is 1. The van der Waals surface area contributed by atoms with Crippen LogP contribution in [0.25, 0.3) is 0 Å². The Morgan fingerprint density at radius 2 is 2.21 bits per heavy atom. The number of anilines is 1. The molecule has 0 unspecified atom stereocenters. The lowest BCUT2D eigenvalue weighted by atomic mass is 10.2. The summed E-state index contributed by atoms with van der Waals surface area (Å²) in [6.45, 7) is 2.36. The maximum Gasteiger partial charge on any atom is 0.312 e. The maximum atomic E-state index is 11.5. The molecule has 1 rings (SSSR count). The van der Waals surface area contributed by atoms with Crippen molar-refractivity contribution in [1.29, 1.82) is 0 Å². The Labute approximate surface area is 110 Å². The number of rotatable bonds is 7. The van der Waals surface area contributed by atoms with Crippen LogP contribution < -0.4 is 10.1 Å². The van der Waals surface area contributed by atoms with Crippen molar-refractivity contribution in [2.45, 2.75) is 13.3 Å². The molecule has 19 heavy (non-hydrogen) atoms. The van der Waals surface area contributed by atoms with E-state index in [9.17, 15) is 14.9 Å². The van der Waals surface area contributed by atoms with E-state index < -0.39 is 4.92 Å². The number of benzene rings is 1. The molecule has 0 aromatic heterocycles. The average Bonchev–Trinajstić information content (AvgIpc) is 2.39. The third-order valence-electron chi connectivity index (χ3n) is 2.24. The summed E-state index contributed by atoms with van der Waals surface area (Å²) in [5, 5.41) is 13.3. The molecule has 0 aliphatic heterocycles. The Morgan fingerprint density at radius 3 is 2.79 bits per heavy atom. The summed E-state index contributed by atoms with van der Waals surface area (Å²) in [6, 6.07) is 4.21. The van der Waals surface area contributed by atoms with Gasteiger partial charge in [-0.3, -0.25) is 14.9 Å². The molecule has 0 heterocycles. The number of hydrogen-bond donors (Lipinski definition) is 1. The van der Waals surface area contributed by atoms with Gasteiger partial charge in [-0.05, 0) is 18.6 Å². The van der Waals surface area contributed by atoms with Crippen LogP contribution in [0, 0.1) is 10.1 Å². The first-order chi connectivity index (χ1) is 9.08. The Balaban J connectivity index is 2.71. The molecule has 1 aromatic carbocycles. The second kappa shape index (κ2) is 7.32. The predicted molar refractivity (Wildman–Crippen MR) is 69.4 cm³/mol. The maximum absolute atomic E-state index is 11.5. The zero-order valence-corrected chi connectivity index (χ0v) is 10.8. The predicted octanol–water partition coefficient (Wildman–Crippen LogP) is 1.97. The van der Waals surface area contributed by atoms with Crippen molar-refractivity contribution >= 4 is 17.3 Å². The third kappa shape index (κ3) is 4.55. The van der Waals surface area contributed by atoms with E-state index in [1.165, 1.54) is 25.3 Å². The summed E-state index contributed by atoms with van der Waals surface area (Å²) < 4.78 is 9.94. The van der Waals surface area contributed by atoms with Crippen LogP contribution in [0.2, 0.25) is 0 Å². The lowest BCUT2D eigenvalue weighted by Gasteiger charge is -2.07. The molecule has 1 aromatic rings. The Morgan fingerprint density at radius 1 is 1.47 bits per heavy atom. The van der Waals surface area contributed by atoms with Crippen LogP contribution in [-0.4, -0.2) is 31.2 Å². The minimum Gasteiger partial charge on any atom is -0.490 e. The molecular weight excluding hydrogens is 252 g/mol. The van der Waals surface area contributed by atoms with E-state index >= 15 is 0 Å². The summed E-state index contributed by atoms with van der Waals surface area (Å²) in [6.07, 6.45) is 0.821. The molecule has 1 amide bonds. The molecule has 1 N–H and O–H groups in total. The summed E-state index contributed by atoms with van der Waals surface area (Å²) >= 11 is 0. The Hall–Kier alpha value is -2.15. The van der Waals surface area contributed by atoms with Crippen molar-refractivity contribution in [2.24, 2.45) is 0 Å². The Bertz CT molecular complexity index is 461. The fourth-order valence-electron chi connectivity index (χ4n) is 1.42. The van der Waals surface area contributed by atoms with Crippen molar-refractivity contribution < 1.29 is 19.2 Å². The monoisotopic (exact) mass is 268 g/mol. The molecule has 7 nitrogen and oxygen atoms in total. The highest BCUT2D eigenvalue weighted by molar-refractivity contribution is 5.92. The van der Waals surface area contributed by atoms with Gasteiger partial charge >= 0.3 is 5.69 Å². The van der Waals surface area contributed by atoms with Crippen LogP contribution in [0.4, 0.5) is 11.4 Å². The average molecular weight is 268 g/mol. The van der Waals surface area contributed by atoms with Crippen LogP contribution in [0.15, 0.2) is 18.2 Å². The van der Waals surface area contributed by atoms with Gasteiger partial charge in [-0.25, -0.2) is 0 Å². The lowest BCUT2D eigenvalue weighted by molar-refractivity contribution is -0.385. The topological polar surface area (TPSA) is 90.7 Å². The number of carbonyl (C=O) groups excluding carboxylic acids is 1. The number of hydrogen-bond acceptors (Lipinski definition) is 5. The highest BCUT2D eigenvalue weighted by atomic mass is 16.6. The second-order valence-corrected chi connectivity index (χ2v) is 3.74. The number of carbonyl (C=O) groups is 1. The lowest BCUT2D eigenvalue weighted by Crippen LogP contribution is -2.18. The minimum absolute atomic E-state index is 0.0757. The van der Waals surface area contributed by atoms with Gasteiger partial charge in [0.1, 0.15) is 6.61 Å². The van der Waals surface area contributed by atoms with Gasteiger partial charge in [-0.15, -0.1) is 0 Å². The van der Waals surface area contributed by atoms with E-state index in [1.54, 1.807) is 0 Å². The van der Waals surface area contributed by atoms with Gasteiger partial charge in [-0.2, -0.15) is 0 Å². The molecule has 0 saturated heterocycles. The highest BCUT2D eigenvalue weighted by Crippen LogP contribution is 2.29. The van der Waals surface area contributed by atoms with Crippen LogP contribution in [-0.2, 0) is 9.53 Å². The van der Waals surface area contributed by atoms with Crippen LogP contribution in [0.5, 0.6) is 5.75 Å². The van der Waals surface area contributed by atoms with Crippen molar-refractivity contribution in [3.63, 3.8) is 0 Å². The van der Waals surface area contributed by atoms with E-state index in [0.29, 0.717) is 12.3 Å². The standard InChI is InChI=1S/C12H16N2O5/c1-3-6-19-8-12(15)13-9-4-5-11(18-2)10(7-9)14(16)17/h4-5,7H,3,6,8H2,1-2H3,(H,13,15). The third-order valence-corrected chi connectivity index (χ3v) is 2.24. The van der Waals surface area contributed by atoms with Crippen LogP contribution in [0.3, 0.4) is 0 Å². The summed E-state index contributed by atoms with van der Waals surface area (Å²) in [5.74, 6) is -0.210. The molecule has 0 spiro atoms. The van der Waals surface area contributed by atoms with Gasteiger partial charge in [0.25, 0.3) is 0 Å².